The lowest BCUT2D eigenvalue weighted by Gasteiger charge is -2.07. The van der Waals surface area contributed by atoms with Crippen LogP contribution in [0.1, 0.15) is 35.8 Å². The molecule has 0 aliphatic rings. The van der Waals surface area contributed by atoms with Crippen LogP contribution in [0.4, 0.5) is 0 Å². The third-order valence-electron chi connectivity index (χ3n) is 3.40. The molecule has 0 unspecified atom stereocenters. The van der Waals surface area contributed by atoms with Crippen LogP contribution >= 0.6 is 11.3 Å². The largest absolute Gasteiger partial charge is 0.438 e. The molecular weight excluding hydrogens is 278 g/mol. The third kappa shape index (κ3) is 2.93. The molecule has 21 heavy (non-hydrogen) atoms. The molecule has 0 N–H and O–H groups in total. The molecule has 0 aliphatic heterocycles. The van der Waals surface area contributed by atoms with Crippen LogP contribution in [0.3, 0.4) is 0 Å². The van der Waals surface area contributed by atoms with Crippen LogP contribution in [0.5, 0.6) is 11.6 Å². The summed E-state index contributed by atoms with van der Waals surface area (Å²) in [6.45, 7) is 8.58. The number of benzene rings is 1. The van der Waals surface area contributed by atoms with E-state index in [-0.39, 0.29) is 0 Å². The Hall–Kier alpha value is -1.87. The highest BCUT2D eigenvalue weighted by molar-refractivity contribution is 7.19. The van der Waals surface area contributed by atoms with Gasteiger partial charge in [-0.05, 0) is 60.5 Å². The van der Waals surface area contributed by atoms with Gasteiger partial charge in [-0.3, -0.25) is 0 Å². The normalized spacial score (nSPS) is 11.3. The first-order chi connectivity index (χ1) is 10.0. The number of hydrogen-bond acceptors (Lipinski definition) is 3. The third-order valence-corrected chi connectivity index (χ3v) is 4.84. The van der Waals surface area contributed by atoms with E-state index >= 15 is 0 Å². The molecule has 0 radical (unpaired) electrons. The number of nitrogens with zero attached hydrogens (tertiary/aromatic N) is 1. The molecule has 3 aromatic rings. The summed E-state index contributed by atoms with van der Waals surface area (Å²) in [5.74, 6) is 2.08. The molecule has 0 fully saturated rings. The quantitative estimate of drug-likeness (QED) is 0.607. The van der Waals surface area contributed by atoms with Crippen LogP contribution in [0.2, 0.25) is 0 Å². The van der Waals surface area contributed by atoms with Gasteiger partial charge in [0.05, 0.1) is 4.70 Å². The van der Waals surface area contributed by atoms with Crippen LogP contribution < -0.4 is 4.74 Å². The van der Waals surface area contributed by atoms with Gasteiger partial charge in [-0.1, -0.05) is 19.9 Å². The predicted octanol–water partition coefficient (Wildman–Crippen LogP) is 5.83. The van der Waals surface area contributed by atoms with Crippen molar-refractivity contribution in [2.24, 2.45) is 0 Å². The van der Waals surface area contributed by atoms with E-state index in [0.29, 0.717) is 11.8 Å². The van der Waals surface area contributed by atoms with Crippen molar-refractivity contribution in [3.63, 3.8) is 0 Å². The van der Waals surface area contributed by atoms with E-state index in [4.69, 9.17) is 4.74 Å². The zero-order valence-electron chi connectivity index (χ0n) is 12.8. The van der Waals surface area contributed by atoms with E-state index in [1.165, 1.54) is 21.4 Å². The summed E-state index contributed by atoms with van der Waals surface area (Å²) >= 11 is 1.77. The summed E-state index contributed by atoms with van der Waals surface area (Å²) < 4.78 is 7.17. The van der Waals surface area contributed by atoms with Gasteiger partial charge in [0, 0.05) is 11.1 Å². The number of aromatic nitrogens is 1. The molecule has 0 atom stereocenters. The Bertz CT molecular complexity index is 769. The monoisotopic (exact) mass is 297 g/mol. The number of aryl methyl sites for hydroxylation is 2. The van der Waals surface area contributed by atoms with E-state index in [1.807, 2.05) is 24.4 Å². The van der Waals surface area contributed by atoms with Crippen LogP contribution in [0.25, 0.3) is 10.1 Å². The average Bonchev–Trinajstić information content (AvgIpc) is 2.82. The van der Waals surface area contributed by atoms with Gasteiger partial charge in [-0.2, -0.15) is 0 Å². The molecule has 2 heterocycles. The molecule has 108 valence electrons. The molecule has 0 spiro atoms. The topological polar surface area (TPSA) is 22.1 Å². The average molecular weight is 297 g/mol. The smallest absolute Gasteiger partial charge is 0.237 e. The van der Waals surface area contributed by atoms with Crippen molar-refractivity contribution < 1.29 is 4.74 Å². The van der Waals surface area contributed by atoms with Crippen LogP contribution in [0.15, 0.2) is 36.5 Å². The lowest BCUT2D eigenvalue weighted by molar-refractivity contribution is 0.469. The van der Waals surface area contributed by atoms with Gasteiger partial charge in [-0.25, -0.2) is 4.98 Å². The fraction of sp³-hybridized carbons (Fsp3) is 0.278. The second-order valence-corrected chi connectivity index (χ2v) is 6.85. The maximum atomic E-state index is 6.05. The zero-order valence-corrected chi connectivity index (χ0v) is 13.6. The lowest BCUT2D eigenvalue weighted by Crippen LogP contribution is -1.89. The Morgan fingerprint density at radius 3 is 2.43 bits per heavy atom. The summed E-state index contributed by atoms with van der Waals surface area (Å²) in [5, 5.41) is 1.21. The molecule has 2 aromatic heterocycles. The molecule has 2 nitrogen and oxygen atoms in total. The number of ether oxygens (including phenoxy) is 1. The first kappa shape index (κ1) is 14.1. The number of rotatable bonds is 3. The number of hydrogen-bond donors (Lipinski definition) is 0. The van der Waals surface area contributed by atoms with Crippen molar-refractivity contribution >= 4 is 21.4 Å². The van der Waals surface area contributed by atoms with Gasteiger partial charge < -0.3 is 4.74 Å². The molecule has 3 rings (SSSR count). The van der Waals surface area contributed by atoms with Crippen molar-refractivity contribution in [1.29, 1.82) is 0 Å². The van der Waals surface area contributed by atoms with Gasteiger partial charge in [-0.15, -0.1) is 11.3 Å². The minimum Gasteiger partial charge on any atom is -0.438 e. The lowest BCUT2D eigenvalue weighted by atomic mass is 10.1. The number of pyridine rings is 1. The molecule has 1 aromatic carbocycles. The summed E-state index contributed by atoms with van der Waals surface area (Å²) in [6.07, 6.45) is 1.82. The van der Waals surface area contributed by atoms with Crippen LogP contribution in [-0.4, -0.2) is 4.98 Å². The number of thiophene rings is 1. The van der Waals surface area contributed by atoms with E-state index in [9.17, 15) is 0 Å². The second kappa shape index (κ2) is 5.49. The van der Waals surface area contributed by atoms with Gasteiger partial charge in [0.15, 0.2) is 0 Å². The van der Waals surface area contributed by atoms with Crippen molar-refractivity contribution in [1.82, 2.24) is 4.98 Å². The van der Waals surface area contributed by atoms with Gasteiger partial charge >= 0.3 is 0 Å². The fourth-order valence-corrected chi connectivity index (χ4v) is 3.50. The maximum Gasteiger partial charge on any atom is 0.237 e. The Labute approximate surface area is 129 Å². The highest BCUT2D eigenvalue weighted by Gasteiger charge is 2.11. The molecular formula is C18H19NOS. The van der Waals surface area contributed by atoms with E-state index < -0.39 is 0 Å². The van der Waals surface area contributed by atoms with Crippen LogP contribution in [-0.2, 0) is 0 Å². The summed E-state index contributed by atoms with van der Waals surface area (Å²) in [6, 6.07) is 10.5. The number of fused-ring (bicyclic) bond motifs is 1. The molecule has 0 saturated carbocycles. The SMILES string of the molecule is Cc1cc(C)cc(Oc2nccc3cc(C(C)C)sc23)c1. The predicted molar refractivity (Wildman–Crippen MR) is 89.7 cm³/mol. The summed E-state index contributed by atoms with van der Waals surface area (Å²) in [7, 11) is 0. The van der Waals surface area contributed by atoms with Gasteiger partial charge in [0.1, 0.15) is 5.75 Å². The standard InChI is InChI=1S/C18H19NOS/c1-11(2)16-10-14-5-6-19-18(17(14)21-16)20-15-8-12(3)7-13(4)9-15/h5-11H,1-4H3. The zero-order chi connectivity index (χ0) is 15.0. The minimum atomic E-state index is 0.525. The minimum absolute atomic E-state index is 0.525. The van der Waals surface area contributed by atoms with Crippen molar-refractivity contribution in [2.45, 2.75) is 33.6 Å². The van der Waals surface area contributed by atoms with Crippen molar-refractivity contribution in [3.05, 3.63) is 52.5 Å². The second-order valence-electron chi connectivity index (χ2n) is 5.76. The van der Waals surface area contributed by atoms with Crippen LogP contribution in [0, 0.1) is 13.8 Å². The molecule has 0 bridgehead atoms. The highest BCUT2D eigenvalue weighted by atomic mass is 32.1. The van der Waals surface area contributed by atoms with Gasteiger partial charge in [0.25, 0.3) is 0 Å². The van der Waals surface area contributed by atoms with Crippen molar-refractivity contribution in [2.75, 3.05) is 0 Å². The first-order valence-electron chi connectivity index (χ1n) is 7.17. The Kier molecular flexibility index (Phi) is 3.68. The van der Waals surface area contributed by atoms with E-state index in [1.54, 1.807) is 11.3 Å². The summed E-state index contributed by atoms with van der Waals surface area (Å²) in [5.41, 5.74) is 2.40. The van der Waals surface area contributed by atoms with E-state index in [2.05, 4.69) is 44.8 Å². The first-order valence-corrected chi connectivity index (χ1v) is 7.99. The maximum absolute atomic E-state index is 6.05. The Morgan fingerprint density at radius 2 is 1.76 bits per heavy atom. The van der Waals surface area contributed by atoms with E-state index in [0.717, 1.165) is 10.4 Å². The Morgan fingerprint density at radius 1 is 1.05 bits per heavy atom. The fourth-order valence-electron chi connectivity index (χ4n) is 2.42. The Balaban J connectivity index is 2.03. The summed E-state index contributed by atoms with van der Waals surface area (Å²) in [4.78, 5) is 5.79. The molecule has 0 aliphatic carbocycles. The molecule has 0 amide bonds. The van der Waals surface area contributed by atoms with Gasteiger partial charge in [0.2, 0.25) is 5.88 Å². The molecule has 0 saturated heterocycles. The van der Waals surface area contributed by atoms with Crippen molar-refractivity contribution in [3.8, 4) is 11.6 Å². The molecule has 3 heteroatoms. The highest BCUT2D eigenvalue weighted by Crippen LogP contribution is 2.37.